The summed E-state index contributed by atoms with van der Waals surface area (Å²) >= 11 is 12.3. The van der Waals surface area contributed by atoms with Gasteiger partial charge >= 0.3 is 0 Å². The molecule has 2 atom stereocenters. The molecule has 2 aliphatic rings. The van der Waals surface area contributed by atoms with Crippen LogP contribution in [0.5, 0.6) is 5.75 Å². The van der Waals surface area contributed by atoms with Crippen molar-refractivity contribution in [2.24, 2.45) is 0 Å². The number of hydrogen-bond donors (Lipinski definition) is 0. The van der Waals surface area contributed by atoms with E-state index < -0.39 is 10.0 Å². The molecule has 1 aliphatic heterocycles. The van der Waals surface area contributed by atoms with Crippen LogP contribution in [0.2, 0.25) is 10.0 Å². The largest absolute Gasteiger partial charge is 0.488 e. The van der Waals surface area contributed by atoms with Crippen LogP contribution in [-0.4, -0.2) is 55.8 Å². The molecule has 0 N–H and O–H groups in total. The van der Waals surface area contributed by atoms with Gasteiger partial charge in [-0.25, -0.2) is 8.42 Å². The maximum Gasteiger partial charge on any atom is 0.257 e. The monoisotopic (exact) mass is 510 g/mol. The molecule has 1 fully saturated rings. The standard InChI is InChI=1S/C24H28Cl2N2O4S/c1-27-14-6-7-15-28(33(30,31)23-13-12-17(25)16-19(23)26)20-9-3-5-11-22(20)32-21-10-4-2-8-18(21)24(27)29/h2,4,8,10,12-13,16,20,22H,3,5-7,9,11,14-15H2,1H3/t20-,22+/m1/s1. The number of para-hydroxylation sites is 1. The summed E-state index contributed by atoms with van der Waals surface area (Å²) in [6, 6.07) is 11.3. The Morgan fingerprint density at radius 3 is 2.48 bits per heavy atom. The first-order valence-electron chi connectivity index (χ1n) is 11.3. The quantitative estimate of drug-likeness (QED) is 0.553. The van der Waals surface area contributed by atoms with Crippen molar-refractivity contribution in [1.29, 1.82) is 0 Å². The van der Waals surface area contributed by atoms with Crippen LogP contribution >= 0.6 is 23.2 Å². The van der Waals surface area contributed by atoms with Crippen molar-refractivity contribution in [2.75, 3.05) is 20.1 Å². The summed E-state index contributed by atoms with van der Waals surface area (Å²) in [5.41, 5.74) is 0.500. The molecule has 1 saturated carbocycles. The van der Waals surface area contributed by atoms with Gasteiger partial charge in [0.05, 0.1) is 16.6 Å². The smallest absolute Gasteiger partial charge is 0.257 e. The summed E-state index contributed by atoms with van der Waals surface area (Å²) in [7, 11) is -2.13. The molecular weight excluding hydrogens is 483 g/mol. The topological polar surface area (TPSA) is 66.9 Å². The Bertz CT molecular complexity index is 1130. The first-order valence-corrected chi connectivity index (χ1v) is 13.5. The van der Waals surface area contributed by atoms with Crippen molar-refractivity contribution in [3.63, 3.8) is 0 Å². The average molecular weight is 511 g/mol. The van der Waals surface area contributed by atoms with E-state index in [0.717, 1.165) is 12.8 Å². The molecule has 33 heavy (non-hydrogen) atoms. The van der Waals surface area contributed by atoms with Crippen molar-refractivity contribution in [3.8, 4) is 5.75 Å². The summed E-state index contributed by atoms with van der Waals surface area (Å²) in [5, 5.41) is 0.494. The first kappa shape index (κ1) is 24.3. The Morgan fingerprint density at radius 1 is 0.970 bits per heavy atom. The predicted molar refractivity (Wildman–Crippen MR) is 130 cm³/mol. The summed E-state index contributed by atoms with van der Waals surface area (Å²) in [5.74, 6) is 0.407. The van der Waals surface area contributed by atoms with Gasteiger partial charge in [0.25, 0.3) is 5.91 Å². The van der Waals surface area contributed by atoms with Crippen LogP contribution in [0.25, 0.3) is 0 Å². The minimum Gasteiger partial charge on any atom is -0.488 e. The molecule has 2 aromatic rings. The lowest BCUT2D eigenvalue weighted by Gasteiger charge is -2.39. The third kappa shape index (κ3) is 5.16. The van der Waals surface area contributed by atoms with Crippen LogP contribution in [0, 0.1) is 0 Å². The number of hydrogen-bond acceptors (Lipinski definition) is 4. The summed E-state index contributed by atoms with van der Waals surface area (Å²) < 4.78 is 35.6. The molecule has 0 aromatic heterocycles. The lowest BCUT2D eigenvalue weighted by atomic mass is 9.92. The van der Waals surface area contributed by atoms with Gasteiger partial charge in [0.2, 0.25) is 10.0 Å². The maximum absolute atomic E-state index is 13.8. The van der Waals surface area contributed by atoms with Crippen molar-refractivity contribution in [3.05, 3.63) is 58.1 Å². The van der Waals surface area contributed by atoms with E-state index in [1.54, 1.807) is 34.5 Å². The van der Waals surface area contributed by atoms with Gasteiger partial charge in [0, 0.05) is 25.2 Å². The van der Waals surface area contributed by atoms with E-state index in [-0.39, 0.29) is 28.0 Å². The number of carbonyl (C=O) groups excluding carboxylic acids is 1. The molecule has 9 heteroatoms. The highest BCUT2D eigenvalue weighted by molar-refractivity contribution is 7.89. The number of fused-ring (bicyclic) bond motifs is 2. The Balaban J connectivity index is 1.76. The number of rotatable bonds is 2. The SMILES string of the molecule is CN1CCCCN(S(=O)(=O)c2ccc(Cl)cc2Cl)[C@@H]2CCCC[C@@H]2Oc2ccccc2C1=O. The van der Waals surface area contributed by atoms with Crippen LogP contribution < -0.4 is 4.74 Å². The zero-order valence-corrected chi connectivity index (χ0v) is 20.9. The lowest BCUT2D eigenvalue weighted by molar-refractivity contribution is 0.0658. The molecule has 0 saturated heterocycles. The summed E-state index contributed by atoms with van der Waals surface area (Å²) in [4.78, 5) is 14.7. The Kier molecular flexibility index (Phi) is 7.53. The van der Waals surface area contributed by atoms with Gasteiger partial charge in [0.1, 0.15) is 16.7 Å². The number of sulfonamides is 1. The predicted octanol–water partition coefficient (Wildman–Crippen LogP) is 5.24. The van der Waals surface area contributed by atoms with Crippen LogP contribution in [0.1, 0.15) is 48.9 Å². The van der Waals surface area contributed by atoms with E-state index in [0.29, 0.717) is 55.1 Å². The molecule has 6 nitrogen and oxygen atoms in total. The maximum atomic E-state index is 13.8. The van der Waals surface area contributed by atoms with Crippen LogP contribution in [0.4, 0.5) is 0 Å². The highest BCUT2D eigenvalue weighted by Crippen LogP contribution is 2.35. The van der Waals surface area contributed by atoms with Gasteiger partial charge in [-0.3, -0.25) is 4.79 Å². The van der Waals surface area contributed by atoms with E-state index in [1.807, 2.05) is 12.1 Å². The molecule has 1 heterocycles. The van der Waals surface area contributed by atoms with Crippen LogP contribution in [0.3, 0.4) is 0 Å². The lowest BCUT2D eigenvalue weighted by Crippen LogP contribution is -2.51. The molecule has 1 aliphatic carbocycles. The zero-order chi connectivity index (χ0) is 23.6. The van der Waals surface area contributed by atoms with Crippen molar-refractivity contribution in [2.45, 2.75) is 55.6 Å². The Labute approximate surface area is 205 Å². The number of halogens is 2. The van der Waals surface area contributed by atoms with E-state index in [9.17, 15) is 13.2 Å². The third-order valence-corrected chi connectivity index (χ3v) is 9.03. The fourth-order valence-corrected chi connectivity index (χ4v) is 7.12. The highest BCUT2D eigenvalue weighted by atomic mass is 35.5. The first-order chi connectivity index (χ1) is 15.8. The molecule has 1 amide bonds. The van der Waals surface area contributed by atoms with Gasteiger partial charge in [-0.2, -0.15) is 4.31 Å². The molecule has 0 unspecified atom stereocenters. The Hall–Kier alpha value is -1.80. The molecule has 0 bridgehead atoms. The van der Waals surface area contributed by atoms with Gasteiger partial charge in [-0.05, 0) is 62.4 Å². The number of carbonyl (C=O) groups is 1. The molecule has 4 rings (SSSR count). The minimum absolute atomic E-state index is 0.0534. The summed E-state index contributed by atoms with van der Waals surface area (Å²) in [6.45, 7) is 0.854. The van der Waals surface area contributed by atoms with E-state index >= 15 is 0 Å². The van der Waals surface area contributed by atoms with E-state index in [4.69, 9.17) is 27.9 Å². The average Bonchev–Trinajstić information content (AvgIpc) is 2.78. The second kappa shape index (κ2) is 10.2. The second-order valence-electron chi connectivity index (χ2n) is 8.63. The molecule has 178 valence electrons. The number of benzene rings is 2. The minimum atomic E-state index is -3.89. The van der Waals surface area contributed by atoms with Crippen molar-refractivity contribution >= 4 is 39.1 Å². The van der Waals surface area contributed by atoms with Crippen molar-refractivity contribution in [1.82, 2.24) is 9.21 Å². The van der Waals surface area contributed by atoms with Crippen LogP contribution in [-0.2, 0) is 10.0 Å². The molecule has 2 aromatic carbocycles. The van der Waals surface area contributed by atoms with E-state index in [1.165, 1.54) is 12.1 Å². The van der Waals surface area contributed by atoms with Gasteiger partial charge in [-0.1, -0.05) is 41.8 Å². The fourth-order valence-electron chi connectivity index (χ4n) is 4.65. The number of nitrogens with zero attached hydrogens (tertiary/aromatic N) is 2. The Morgan fingerprint density at radius 2 is 1.70 bits per heavy atom. The molecular formula is C24H28Cl2N2O4S. The molecule has 0 spiro atoms. The fraction of sp³-hybridized carbons (Fsp3) is 0.458. The summed E-state index contributed by atoms with van der Waals surface area (Å²) in [6.07, 6.45) is 4.18. The normalized spacial score (nSPS) is 23.0. The van der Waals surface area contributed by atoms with Gasteiger partial charge in [0.15, 0.2) is 0 Å². The molecule has 0 radical (unpaired) electrons. The zero-order valence-electron chi connectivity index (χ0n) is 18.5. The number of amides is 1. The van der Waals surface area contributed by atoms with E-state index in [2.05, 4.69) is 0 Å². The van der Waals surface area contributed by atoms with Crippen molar-refractivity contribution < 1.29 is 17.9 Å². The third-order valence-electron chi connectivity index (χ3n) is 6.38. The second-order valence-corrected chi connectivity index (χ2v) is 11.3. The number of ether oxygens (including phenoxy) is 1. The van der Waals surface area contributed by atoms with Crippen LogP contribution in [0.15, 0.2) is 47.4 Å². The van der Waals surface area contributed by atoms with Gasteiger partial charge < -0.3 is 9.64 Å². The highest BCUT2D eigenvalue weighted by Gasteiger charge is 2.40. The van der Waals surface area contributed by atoms with Gasteiger partial charge in [-0.15, -0.1) is 0 Å².